The molecule has 0 aromatic rings. The van der Waals surface area contributed by atoms with E-state index in [0.717, 1.165) is 25.7 Å². The van der Waals surface area contributed by atoms with E-state index in [4.69, 9.17) is 4.74 Å². The largest absolute Gasteiger partial charge is 0.456 e. The molecule has 0 radical (unpaired) electrons. The minimum Gasteiger partial charge on any atom is -0.456 e. The molecule has 2 rings (SSSR count). The van der Waals surface area contributed by atoms with Crippen LogP contribution in [0.5, 0.6) is 0 Å². The van der Waals surface area contributed by atoms with Gasteiger partial charge in [-0.2, -0.15) is 0 Å². The summed E-state index contributed by atoms with van der Waals surface area (Å²) in [6.07, 6.45) is 4.56. The lowest BCUT2D eigenvalue weighted by molar-refractivity contribution is -0.147. The third-order valence-corrected chi connectivity index (χ3v) is 2.88. The summed E-state index contributed by atoms with van der Waals surface area (Å²) in [5.41, 5.74) is 0.327. The van der Waals surface area contributed by atoms with Gasteiger partial charge in [0, 0.05) is 12.0 Å². The van der Waals surface area contributed by atoms with Gasteiger partial charge in [0.05, 0.1) is 0 Å². The van der Waals surface area contributed by atoms with Crippen molar-refractivity contribution in [2.45, 2.75) is 50.8 Å². The van der Waals surface area contributed by atoms with Gasteiger partial charge >= 0.3 is 5.97 Å². The van der Waals surface area contributed by atoms with Gasteiger partial charge in [0.25, 0.3) is 0 Å². The molecule has 0 spiro atoms. The highest BCUT2D eigenvalue weighted by Gasteiger charge is 2.46. The minimum atomic E-state index is -0.932. The van der Waals surface area contributed by atoms with Crippen LogP contribution in [0.15, 0.2) is 11.6 Å². The molecular formula is C11H15FO2. The predicted octanol–water partition coefficient (Wildman–Crippen LogP) is 2.53. The van der Waals surface area contributed by atoms with Crippen molar-refractivity contribution in [2.75, 3.05) is 0 Å². The smallest absolute Gasteiger partial charge is 0.334 e. The highest BCUT2D eigenvalue weighted by Crippen LogP contribution is 2.44. The van der Waals surface area contributed by atoms with E-state index >= 15 is 0 Å². The van der Waals surface area contributed by atoms with E-state index in [1.54, 1.807) is 0 Å². The average Bonchev–Trinajstić information content (AvgIpc) is 2.80. The maximum Gasteiger partial charge on any atom is 0.334 e. The molecule has 0 saturated heterocycles. The fourth-order valence-corrected chi connectivity index (χ4v) is 1.81. The number of carbonyl (C=O) groups is 1. The second-order valence-electron chi connectivity index (χ2n) is 4.23. The molecule has 0 bridgehead atoms. The van der Waals surface area contributed by atoms with Crippen LogP contribution in [0.3, 0.4) is 0 Å². The van der Waals surface area contributed by atoms with Crippen molar-refractivity contribution in [3.8, 4) is 0 Å². The van der Waals surface area contributed by atoms with Gasteiger partial charge in [-0.25, -0.2) is 9.18 Å². The zero-order chi connectivity index (χ0) is 10.2. The predicted molar refractivity (Wildman–Crippen MR) is 50.6 cm³/mol. The second-order valence-corrected chi connectivity index (χ2v) is 4.23. The lowest BCUT2D eigenvalue weighted by Gasteiger charge is -2.21. The minimum absolute atomic E-state index is 0.186. The molecule has 3 heteroatoms. The van der Waals surface area contributed by atoms with Gasteiger partial charge in [0.15, 0.2) is 0 Å². The summed E-state index contributed by atoms with van der Waals surface area (Å²) in [7, 11) is 0. The second kappa shape index (κ2) is 3.37. The summed E-state index contributed by atoms with van der Waals surface area (Å²) >= 11 is 0. The van der Waals surface area contributed by atoms with Crippen molar-refractivity contribution >= 4 is 5.97 Å². The van der Waals surface area contributed by atoms with Crippen LogP contribution in [0.4, 0.5) is 4.39 Å². The van der Waals surface area contributed by atoms with Crippen molar-refractivity contribution in [3.05, 3.63) is 11.6 Å². The van der Waals surface area contributed by atoms with E-state index in [-0.39, 0.29) is 18.0 Å². The Kier molecular flexibility index (Phi) is 2.33. The third kappa shape index (κ3) is 1.81. The van der Waals surface area contributed by atoms with Crippen LogP contribution in [-0.2, 0) is 9.53 Å². The van der Waals surface area contributed by atoms with E-state index in [2.05, 4.69) is 6.92 Å². The molecule has 1 atom stereocenters. The summed E-state index contributed by atoms with van der Waals surface area (Å²) in [5.74, 6) is -0.301. The molecule has 1 fully saturated rings. The SMILES string of the molecule is CCCC1(OC(=O)C2=CC(F)C2)CC1. The first-order valence-electron chi connectivity index (χ1n) is 5.23. The van der Waals surface area contributed by atoms with Gasteiger partial charge in [-0.1, -0.05) is 13.3 Å². The molecule has 1 saturated carbocycles. The van der Waals surface area contributed by atoms with E-state index in [0.29, 0.717) is 5.57 Å². The Morgan fingerprint density at radius 1 is 1.71 bits per heavy atom. The molecule has 0 aliphatic heterocycles. The summed E-state index contributed by atoms with van der Waals surface area (Å²) in [4.78, 5) is 11.4. The molecule has 0 aromatic heterocycles. The van der Waals surface area contributed by atoms with E-state index in [1.165, 1.54) is 6.08 Å². The first-order valence-corrected chi connectivity index (χ1v) is 5.23. The number of carbonyl (C=O) groups excluding carboxylic acids is 1. The Balaban J connectivity index is 1.86. The number of hydrogen-bond acceptors (Lipinski definition) is 2. The van der Waals surface area contributed by atoms with Gasteiger partial charge in [-0.15, -0.1) is 0 Å². The molecule has 1 unspecified atom stereocenters. The lowest BCUT2D eigenvalue weighted by atomic mass is 9.97. The third-order valence-electron chi connectivity index (χ3n) is 2.88. The number of alkyl halides is 1. The number of halogens is 1. The van der Waals surface area contributed by atoms with Crippen molar-refractivity contribution in [2.24, 2.45) is 0 Å². The fraction of sp³-hybridized carbons (Fsp3) is 0.727. The van der Waals surface area contributed by atoms with E-state index in [9.17, 15) is 9.18 Å². The van der Waals surface area contributed by atoms with Crippen LogP contribution in [0.1, 0.15) is 39.0 Å². The Hall–Kier alpha value is -0.860. The molecule has 78 valence electrons. The van der Waals surface area contributed by atoms with E-state index < -0.39 is 6.17 Å². The Labute approximate surface area is 83.1 Å². The Morgan fingerprint density at radius 3 is 2.79 bits per heavy atom. The lowest BCUT2D eigenvalue weighted by Crippen LogP contribution is -2.25. The van der Waals surface area contributed by atoms with Crippen LogP contribution in [0.2, 0.25) is 0 Å². The zero-order valence-corrected chi connectivity index (χ0v) is 8.38. The van der Waals surface area contributed by atoms with Crippen molar-refractivity contribution < 1.29 is 13.9 Å². The van der Waals surface area contributed by atoms with Crippen LogP contribution < -0.4 is 0 Å². The monoisotopic (exact) mass is 198 g/mol. The van der Waals surface area contributed by atoms with Crippen LogP contribution in [0.25, 0.3) is 0 Å². The standard InChI is InChI=1S/C11H15FO2/c1-2-3-11(4-5-11)14-10(13)8-6-9(12)7-8/h6,9H,2-5,7H2,1H3. The molecule has 0 aromatic carbocycles. The van der Waals surface area contributed by atoms with Crippen LogP contribution in [-0.4, -0.2) is 17.7 Å². The first-order chi connectivity index (χ1) is 6.65. The van der Waals surface area contributed by atoms with Gasteiger partial charge in [0.2, 0.25) is 0 Å². The summed E-state index contributed by atoms with van der Waals surface area (Å²) < 4.78 is 17.8. The summed E-state index contributed by atoms with van der Waals surface area (Å²) in [6, 6.07) is 0. The highest BCUT2D eigenvalue weighted by molar-refractivity contribution is 5.90. The maximum absolute atomic E-state index is 12.4. The summed E-state index contributed by atoms with van der Waals surface area (Å²) in [5, 5.41) is 0. The molecule has 0 heterocycles. The van der Waals surface area contributed by atoms with Gasteiger partial charge in [-0.3, -0.25) is 0 Å². The quantitative estimate of drug-likeness (QED) is 0.649. The number of allylic oxidation sites excluding steroid dienone is 1. The topological polar surface area (TPSA) is 26.3 Å². The van der Waals surface area contributed by atoms with Gasteiger partial charge in [-0.05, 0) is 25.3 Å². The molecular weight excluding hydrogens is 183 g/mol. The van der Waals surface area contributed by atoms with Crippen LogP contribution in [0, 0.1) is 0 Å². The van der Waals surface area contributed by atoms with Gasteiger partial charge < -0.3 is 4.74 Å². The van der Waals surface area contributed by atoms with Crippen molar-refractivity contribution in [3.63, 3.8) is 0 Å². The first kappa shape index (κ1) is 9.69. The number of hydrogen-bond donors (Lipinski definition) is 0. The van der Waals surface area contributed by atoms with Crippen molar-refractivity contribution in [1.82, 2.24) is 0 Å². The normalized spacial score (nSPS) is 27.6. The molecule has 2 aliphatic carbocycles. The fourth-order valence-electron chi connectivity index (χ4n) is 1.81. The maximum atomic E-state index is 12.4. The zero-order valence-electron chi connectivity index (χ0n) is 8.38. The molecule has 2 aliphatic rings. The highest BCUT2D eigenvalue weighted by atomic mass is 19.1. The molecule has 2 nitrogen and oxygen atoms in total. The van der Waals surface area contributed by atoms with Gasteiger partial charge in [0.1, 0.15) is 11.8 Å². The molecule has 14 heavy (non-hydrogen) atoms. The number of esters is 1. The summed E-state index contributed by atoms with van der Waals surface area (Å²) in [6.45, 7) is 2.08. The number of ether oxygens (including phenoxy) is 1. The van der Waals surface area contributed by atoms with Crippen molar-refractivity contribution in [1.29, 1.82) is 0 Å². The Bertz CT molecular complexity index is 279. The Morgan fingerprint density at radius 2 is 2.36 bits per heavy atom. The number of rotatable bonds is 4. The molecule has 0 N–H and O–H groups in total. The molecule has 0 amide bonds. The average molecular weight is 198 g/mol. The van der Waals surface area contributed by atoms with Crippen LogP contribution >= 0.6 is 0 Å². The van der Waals surface area contributed by atoms with E-state index in [1.807, 2.05) is 0 Å².